The third kappa shape index (κ3) is 5.32. The van der Waals surface area contributed by atoms with Crippen LogP contribution < -0.4 is 14.7 Å². The van der Waals surface area contributed by atoms with E-state index in [9.17, 15) is 0 Å². The molecule has 2 aromatic heterocycles. The molecule has 47 heavy (non-hydrogen) atoms. The molecule has 0 unspecified atom stereocenters. The summed E-state index contributed by atoms with van der Waals surface area (Å²) in [6, 6.07) is 31.7. The van der Waals surface area contributed by atoms with Crippen molar-refractivity contribution in [3.63, 3.8) is 0 Å². The molecule has 0 saturated carbocycles. The fourth-order valence-electron chi connectivity index (χ4n) is 6.84. The highest BCUT2D eigenvalue weighted by atomic mass is 15.4. The number of para-hydroxylation sites is 1. The predicted molar refractivity (Wildman–Crippen MR) is 202 cm³/mol. The van der Waals surface area contributed by atoms with Gasteiger partial charge in [0, 0.05) is 48.1 Å². The Bertz CT molecular complexity index is 2160. The molecule has 5 heteroatoms. The molecule has 0 aliphatic carbocycles. The Labute approximate surface area is 280 Å². The van der Waals surface area contributed by atoms with Crippen LogP contribution in [0, 0.1) is 13.8 Å². The molecule has 0 radical (unpaired) electrons. The standard InChI is InChI=1S/C42H47N5/c1-27-19-38-39(20-28(27)2)46(26-44(38)9)33-22-30(42(6,7)8)21-32(24-33)45(10)31-15-16-35-34-13-11-12-14-36(34)47(37(35)25-31)40-23-29(17-18-43-40)41(3,4)5/h11-25H,26H2,1-10H3. The molecule has 0 N–H and O–H groups in total. The predicted octanol–water partition coefficient (Wildman–Crippen LogP) is 10.7. The van der Waals surface area contributed by atoms with Crippen LogP contribution in [-0.4, -0.2) is 30.3 Å². The third-order valence-electron chi connectivity index (χ3n) is 10.00. The number of hydrogen-bond donors (Lipinski definition) is 0. The maximum atomic E-state index is 4.90. The topological polar surface area (TPSA) is 27.5 Å². The summed E-state index contributed by atoms with van der Waals surface area (Å²) in [4.78, 5) is 12.0. The van der Waals surface area contributed by atoms with Crippen LogP contribution in [0.5, 0.6) is 0 Å². The summed E-state index contributed by atoms with van der Waals surface area (Å²) >= 11 is 0. The molecule has 5 nitrogen and oxygen atoms in total. The second kappa shape index (κ2) is 10.9. The lowest BCUT2D eigenvalue weighted by atomic mass is 9.86. The van der Waals surface area contributed by atoms with Gasteiger partial charge in [-0.1, -0.05) is 65.8 Å². The Morgan fingerprint density at radius 3 is 2.06 bits per heavy atom. The summed E-state index contributed by atoms with van der Waals surface area (Å²) in [5, 5.41) is 2.46. The molecular formula is C42H47N5. The lowest BCUT2D eigenvalue weighted by Crippen LogP contribution is -2.25. The van der Waals surface area contributed by atoms with Crippen LogP contribution >= 0.6 is 0 Å². The van der Waals surface area contributed by atoms with Gasteiger partial charge in [-0.2, -0.15) is 0 Å². The van der Waals surface area contributed by atoms with E-state index in [1.807, 2.05) is 6.20 Å². The highest BCUT2D eigenvalue weighted by Gasteiger charge is 2.28. The number of rotatable bonds is 4. The van der Waals surface area contributed by atoms with Gasteiger partial charge in [0.2, 0.25) is 0 Å². The minimum atomic E-state index is -0.0105. The van der Waals surface area contributed by atoms with E-state index >= 15 is 0 Å². The van der Waals surface area contributed by atoms with Gasteiger partial charge in [-0.3, -0.25) is 4.57 Å². The molecule has 0 spiro atoms. The smallest absolute Gasteiger partial charge is 0.137 e. The quantitative estimate of drug-likeness (QED) is 0.196. The molecule has 240 valence electrons. The minimum absolute atomic E-state index is 0.0105. The van der Waals surface area contributed by atoms with E-state index in [4.69, 9.17) is 4.98 Å². The fourth-order valence-corrected chi connectivity index (χ4v) is 6.84. The molecule has 7 rings (SSSR count). The average molecular weight is 622 g/mol. The molecule has 3 heterocycles. The summed E-state index contributed by atoms with van der Waals surface area (Å²) in [7, 11) is 4.38. The first-order valence-corrected chi connectivity index (χ1v) is 16.7. The molecule has 0 fully saturated rings. The molecule has 0 bridgehead atoms. The van der Waals surface area contributed by atoms with E-state index in [0.717, 1.165) is 23.7 Å². The van der Waals surface area contributed by atoms with Gasteiger partial charge in [0.15, 0.2) is 0 Å². The average Bonchev–Trinajstić information content (AvgIpc) is 3.53. The number of fused-ring (bicyclic) bond motifs is 4. The van der Waals surface area contributed by atoms with Crippen LogP contribution in [0.2, 0.25) is 0 Å². The minimum Gasteiger partial charge on any atom is -0.355 e. The van der Waals surface area contributed by atoms with Gasteiger partial charge in [-0.25, -0.2) is 4.98 Å². The zero-order chi connectivity index (χ0) is 33.4. The number of hydrogen-bond acceptors (Lipinski definition) is 4. The van der Waals surface area contributed by atoms with Gasteiger partial charge < -0.3 is 14.7 Å². The fraction of sp³-hybridized carbons (Fsp3) is 0.310. The Morgan fingerprint density at radius 1 is 0.660 bits per heavy atom. The molecule has 0 atom stereocenters. The Balaban J connectivity index is 1.38. The van der Waals surface area contributed by atoms with E-state index in [1.54, 1.807) is 0 Å². The highest BCUT2D eigenvalue weighted by molar-refractivity contribution is 6.10. The second-order valence-corrected chi connectivity index (χ2v) is 15.4. The van der Waals surface area contributed by atoms with Crippen LogP contribution in [0.4, 0.5) is 28.4 Å². The zero-order valence-corrected chi connectivity index (χ0v) is 29.6. The van der Waals surface area contributed by atoms with Crippen molar-refractivity contribution in [3.8, 4) is 5.82 Å². The summed E-state index contributed by atoms with van der Waals surface area (Å²) in [6.07, 6.45) is 1.95. The molecule has 1 aliphatic heterocycles. The zero-order valence-electron chi connectivity index (χ0n) is 29.6. The van der Waals surface area contributed by atoms with Gasteiger partial charge in [0.05, 0.1) is 29.1 Å². The van der Waals surface area contributed by atoms with Crippen molar-refractivity contribution in [2.45, 2.75) is 66.2 Å². The van der Waals surface area contributed by atoms with Crippen molar-refractivity contribution in [3.05, 3.63) is 113 Å². The first-order valence-electron chi connectivity index (χ1n) is 16.7. The van der Waals surface area contributed by atoms with Crippen molar-refractivity contribution < 1.29 is 0 Å². The van der Waals surface area contributed by atoms with E-state index in [-0.39, 0.29) is 10.8 Å². The van der Waals surface area contributed by atoms with E-state index < -0.39 is 0 Å². The summed E-state index contributed by atoms with van der Waals surface area (Å²) in [5.74, 6) is 0.947. The molecule has 0 amide bonds. The van der Waals surface area contributed by atoms with Gasteiger partial charge in [-0.05, 0) is 108 Å². The van der Waals surface area contributed by atoms with Gasteiger partial charge in [0.25, 0.3) is 0 Å². The monoisotopic (exact) mass is 621 g/mol. The number of anilines is 5. The number of aromatic nitrogens is 2. The largest absolute Gasteiger partial charge is 0.355 e. The Morgan fingerprint density at radius 2 is 1.34 bits per heavy atom. The van der Waals surface area contributed by atoms with Gasteiger partial charge in [0.1, 0.15) is 5.82 Å². The van der Waals surface area contributed by atoms with Crippen molar-refractivity contribution in [2.75, 3.05) is 35.5 Å². The Hall–Kier alpha value is -4.77. The molecule has 6 aromatic rings. The van der Waals surface area contributed by atoms with Gasteiger partial charge in [-0.15, -0.1) is 0 Å². The lowest BCUT2D eigenvalue weighted by molar-refractivity contribution is 0.588. The van der Waals surface area contributed by atoms with Crippen LogP contribution in [0.3, 0.4) is 0 Å². The number of aryl methyl sites for hydroxylation is 2. The lowest BCUT2D eigenvalue weighted by Gasteiger charge is -2.29. The van der Waals surface area contributed by atoms with Crippen LogP contribution in [-0.2, 0) is 10.8 Å². The van der Waals surface area contributed by atoms with Crippen molar-refractivity contribution >= 4 is 50.2 Å². The Kier molecular flexibility index (Phi) is 7.16. The number of nitrogens with zero attached hydrogens (tertiary/aromatic N) is 5. The molecular weight excluding hydrogens is 574 g/mol. The molecule has 0 saturated heterocycles. The first-order chi connectivity index (χ1) is 22.2. The third-order valence-corrected chi connectivity index (χ3v) is 10.00. The van der Waals surface area contributed by atoms with Crippen LogP contribution in [0.1, 0.15) is 63.8 Å². The van der Waals surface area contributed by atoms with E-state index in [2.05, 4.69) is 174 Å². The maximum Gasteiger partial charge on any atom is 0.137 e. The number of benzene rings is 4. The van der Waals surface area contributed by atoms with E-state index in [0.29, 0.717) is 0 Å². The first kappa shape index (κ1) is 30.9. The summed E-state index contributed by atoms with van der Waals surface area (Å²) in [5.41, 5.74) is 13.6. The SMILES string of the molecule is Cc1cc2c(cc1C)N(c1cc(N(C)c3ccc4c5ccccc5n(-c5cc(C(C)(C)C)ccn5)c4c3)cc(C(C)(C)C)c1)CN2C. The van der Waals surface area contributed by atoms with Gasteiger partial charge >= 0.3 is 0 Å². The number of pyridine rings is 1. The molecule has 1 aliphatic rings. The maximum absolute atomic E-state index is 4.90. The van der Waals surface area contributed by atoms with Crippen molar-refractivity contribution in [1.29, 1.82) is 0 Å². The van der Waals surface area contributed by atoms with Crippen molar-refractivity contribution in [1.82, 2.24) is 9.55 Å². The summed E-state index contributed by atoms with van der Waals surface area (Å²) in [6.45, 7) is 18.9. The summed E-state index contributed by atoms with van der Waals surface area (Å²) < 4.78 is 2.33. The normalized spacial score (nSPS) is 13.6. The van der Waals surface area contributed by atoms with Crippen LogP contribution in [0.15, 0.2) is 91.1 Å². The highest BCUT2D eigenvalue weighted by Crippen LogP contribution is 2.44. The molecule has 4 aromatic carbocycles. The second-order valence-electron chi connectivity index (χ2n) is 15.4. The van der Waals surface area contributed by atoms with E-state index in [1.165, 1.54) is 61.3 Å². The van der Waals surface area contributed by atoms with Crippen LogP contribution in [0.25, 0.3) is 27.6 Å². The van der Waals surface area contributed by atoms with Crippen molar-refractivity contribution in [2.24, 2.45) is 0 Å².